The van der Waals surface area contributed by atoms with Crippen LogP contribution in [0.25, 0.3) is 0 Å². The lowest BCUT2D eigenvalue weighted by molar-refractivity contribution is -0.137. The van der Waals surface area contributed by atoms with Crippen LogP contribution >= 0.6 is 0 Å². The van der Waals surface area contributed by atoms with Crippen molar-refractivity contribution in [3.05, 3.63) is 12.2 Å². The van der Waals surface area contributed by atoms with Gasteiger partial charge in [0.2, 0.25) is 17.7 Å². The standard InChI is InChI=1S/C28H48N4O6/c1-20(2)10-11-22-8-7-15-38-28(36)29-12-6-5-9-24(31-26(34)23(22)18-21(3)4)27(35)30-19-25(33)32-13-16-37-17-14-32/h10-11,20-24H,5-9,12-19H2,1-4H3,(H,29,36)(H,30,35)(H,31,34)/b11-10+/t22-,23-,24+/m1/s1. The number of carbonyl (C=O) groups excluding carboxylic acids is 4. The van der Waals surface area contributed by atoms with Crippen LogP contribution in [-0.4, -0.2) is 80.8 Å². The van der Waals surface area contributed by atoms with Crippen LogP contribution in [0.3, 0.4) is 0 Å². The minimum atomic E-state index is -0.763. The van der Waals surface area contributed by atoms with Gasteiger partial charge >= 0.3 is 6.09 Å². The average Bonchev–Trinajstić information content (AvgIpc) is 2.89. The molecule has 0 aromatic carbocycles. The van der Waals surface area contributed by atoms with E-state index < -0.39 is 12.1 Å². The van der Waals surface area contributed by atoms with Crippen molar-refractivity contribution in [2.75, 3.05) is 46.0 Å². The maximum Gasteiger partial charge on any atom is 0.407 e. The van der Waals surface area contributed by atoms with Crippen LogP contribution in [0.5, 0.6) is 0 Å². The Hall–Kier alpha value is -2.62. The van der Waals surface area contributed by atoms with Crippen LogP contribution in [0.4, 0.5) is 4.79 Å². The second kappa shape index (κ2) is 17.1. The Kier molecular flexibility index (Phi) is 14.2. The topological polar surface area (TPSA) is 126 Å². The molecule has 2 fully saturated rings. The third-order valence-corrected chi connectivity index (χ3v) is 6.84. The monoisotopic (exact) mass is 536 g/mol. The average molecular weight is 537 g/mol. The lowest BCUT2D eigenvalue weighted by Gasteiger charge is -2.29. The summed E-state index contributed by atoms with van der Waals surface area (Å²) in [6, 6.07) is -0.763. The quantitative estimate of drug-likeness (QED) is 0.430. The number of rotatable bonds is 7. The normalized spacial score (nSPS) is 24.8. The Morgan fingerprint density at radius 3 is 2.47 bits per heavy atom. The minimum Gasteiger partial charge on any atom is -0.450 e. The van der Waals surface area contributed by atoms with Gasteiger partial charge in [-0.3, -0.25) is 14.4 Å². The molecule has 0 aromatic heterocycles. The molecule has 2 rings (SSSR count). The van der Waals surface area contributed by atoms with E-state index in [1.54, 1.807) is 4.90 Å². The van der Waals surface area contributed by atoms with Gasteiger partial charge in [0.25, 0.3) is 0 Å². The van der Waals surface area contributed by atoms with Crippen molar-refractivity contribution in [2.45, 2.75) is 72.3 Å². The molecule has 216 valence electrons. The molecule has 3 N–H and O–H groups in total. The third kappa shape index (κ3) is 11.8. The van der Waals surface area contributed by atoms with Gasteiger partial charge in [-0.1, -0.05) is 39.8 Å². The van der Waals surface area contributed by atoms with Gasteiger partial charge in [-0.25, -0.2) is 4.79 Å². The van der Waals surface area contributed by atoms with Gasteiger partial charge < -0.3 is 30.3 Å². The number of amides is 4. The molecule has 38 heavy (non-hydrogen) atoms. The fraction of sp³-hybridized carbons (Fsp3) is 0.786. The number of morpholine rings is 1. The van der Waals surface area contributed by atoms with Crippen LogP contribution < -0.4 is 16.0 Å². The van der Waals surface area contributed by atoms with Gasteiger partial charge in [0.05, 0.1) is 26.4 Å². The number of hydrogen-bond donors (Lipinski definition) is 3. The summed E-state index contributed by atoms with van der Waals surface area (Å²) in [5, 5.41) is 8.51. The zero-order chi connectivity index (χ0) is 27.9. The minimum absolute atomic E-state index is 0.0526. The van der Waals surface area contributed by atoms with Crippen molar-refractivity contribution in [1.82, 2.24) is 20.9 Å². The Labute approximate surface area is 227 Å². The maximum atomic E-state index is 13.7. The van der Waals surface area contributed by atoms with E-state index in [1.165, 1.54) is 0 Å². The molecule has 2 saturated heterocycles. The largest absolute Gasteiger partial charge is 0.450 e. The van der Waals surface area contributed by atoms with Gasteiger partial charge in [-0.15, -0.1) is 0 Å². The van der Waals surface area contributed by atoms with E-state index >= 15 is 0 Å². The number of allylic oxidation sites excluding steroid dienone is 2. The molecule has 2 aliphatic rings. The number of hydrogen-bond acceptors (Lipinski definition) is 6. The van der Waals surface area contributed by atoms with E-state index in [2.05, 4.69) is 55.8 Å². The summed E-state index contributed by atoms with van der Waals surface area (Å²) < 4.78 is 10.6. The zero-order valence-corrected chi connectivity index (χ0v) is 23.6. The summed E-state index contributed by atoms with van der Waals surface area (Å²) >= 11 is 0. The van der Waals surface area contributed by atoms with Crippen molar-refractivity contribution in [3.8, 4) is 0 Å². The summed E-state index contributed by atoms with van der Waals surface area (Å²) in [6.07, 6.45) is 7.41. The first kappa shape index (κ1) is 31.6. The number of cyclic esters (lactones) is 1. The lowest BCUT2D eigenvalue weighted by Crippen LogP contribution is -2.52. The van der Waals surface area contributed by atoms with Crippen LogP contribution in [0.15, 0.2) is 12.2 Å². The fourth-order valence-electron chi connectivity index (χ4n) is 4.74. The van der Waals surface area contributed by atoms with Crippen LogP contribution in [0.1, 0.15) is 66.2 Å². The van der Waals surface area contributed by atoms with Gasteiger partial charge in [0.15, 0.2) is 0 Å². The predicted molar refractivity (Wildman–Crippen MR) is 145 cm³/mol. The summed E-state index contributed by atoms with van der Waals surface area (Å²) in [4.78, 5) is 53.1. The highest BCUT2D eigenvalue weighted by molar-refractivity contribution is 5.91. The molecular weight excluding hydrogens is 488 g/mol. The highest BCUT2D eigenvalue weighted by atomic mass is 16.5. The van der Waals surface area contributed by atoms with Crippen LogP contribution in [0, 0.1) is 23.7 Å². The second-order valence-electron chi connectivity index (χ2n) is 11.0. The summed E-state index contributed by atoms with van der Waals surface area (Å²) in [7, 11) is 0. The van der Waals surface area contributed by atoms with Crippen molar-refractivity contribution in [2.24, 2.45) is 23.7 Å². The molecule has 0 aromatic rings. The van der Waals surface area contributed by atoms with Crippen LogP contribution in [-0.2, 0) is 23.9 Å². The molecule has 10 heteroatoms. The first-order valence-corrected chi connectivity index (χ1v) is 14.2. The molecule has 3 atom stereocenters. The highest BCUT2D eigenvalue weighted by Crippen LogP contribution is 2.27. The number of ether oxygens (including phenoxy) is 2. The molecule has 10 nitrogen and oxygen atoms in total. The Bertz CT molecular complexity index is 794. The molecule has 0 aliphatic carbocycles. The first-order chi connectivity index (χ1) is 18.2. The highest BCUT2D eigenvalue weighted by Gasteiger charge is 2.31. The number of nitrogens with zero attached hydrogens (tertiary/aromatic N) is 1. The SMILES string of the molecule is CC(C)/C=C/[C@H]1CCCOC(=O)NCCCC[C@@H](C(=O)NCC(=O)N2CCOCC2)NC(=O)[C@@H]1CC(C)C. The first-order valence-electron chi connectivity index (χ1n) is 14.2. The molecule has 0 saturated carbocycles. The second-order valence-corrected chi connectivity index (χ2v) is 11.0. The number of nitrogens with one attached hydrogen (secondary N) is 3. The molecule has 0 bridgehead atoms. The van der Waals surface area contributed by atoms with E-state index in [0.29, 0.717) is 77.3 Å². The molecule has 2 aliphatic heterocycles. The van der Waals surface area contributed by atoms with Gasteiger partial charge in [0, 0.05) is 25.6 Å². The summed E-state index contributed by atoms with van der Waals surface area (Å²) in [5.41, 5.74) is 0. The predicted octanol–water partition coefficient (Wildman–Crippen LogP) is 2.63. The zero-order valence-electron chi connectivity index (χ0n) is 23.6. The lowest BCUT2D eigenvalue weighted by atomic mass is 9.81. The van der Waals surface area contributed by atoms with Crippen LogP contribution in [0.2, 0.25) is 0 Å². The molecule has 0 unspecified atom stereocenters. The molecule has 4 amide bonds. The Balaban J connectivity index is 2.18. The van der Waals surface area contributed by atoms with Gasteiger partial charge in [-0.2, -0.15) is 0 Å². The molecule has 2 heterocycles. The fourth-order valence-corrected chi connectivity index (χ4v) is 4.74. The summed E-state index contributed by atoms with van der Waals surface area (Å²) in [6.45, 7) is 10.9. The van der Waals surface area contributed by atoms with Crippen molar-refractivity contribution >= 4 is 23.8 Å². The Morgan fingerprint density at radius 1 is 1.05 bits per heavy atom. The number of carbonyl (C=O) groups is 4. The molecule has 0 radical (unpaired) electrons. The molecule has 0 spiro atoms. The van der Waals surface area contributed by atoms with E-state index in [4.69, 9.17) is 9.47 Å². The van der Waals surface area contributed by atoms with E-state index in [0.717, 1.165) is 0 Å². The van der Waals surface area contributed by atoms with E-state index in [1.807, 2.05) is 0 Å². The molecular formula is C28H48N4O6. The smallest absolute Gasteiger partial charge is 0.407 e. The Morgan fingerprint density at radius 2 is 1.79 bits per heavy atom. The van der Waals surface area contributed by atoms with E-state index in [9.17, 15) is 19.2 Å². The third-order valence-electron chi connectivity index (χ3n) is 6.84. The number of alkyl carbamates (subject to hydrolysis) is 1. The van der Waals surface area contributed by atoms with Gasteiger partial charge in [0.1, 0.15) is 6.04 Å². The van der Waals surface area contributed by atoms with Crippen molar-refractivity contribution < 1.29 is 28.7 Å². The van der Waals surface area contributed by atoms with Crippen molar-refractivity contribution in [3.63, 3.8) is 0 Å². The van der Waals surface area contributed by atoms with Gasteiger partial charge in [-0.05, 0) is 56.3 Å². The van der Waals surface area contributed by atoms with E-state index in [-0.39, 0.29) is 48.6 Å². The summed E-state index contributed by atoms with van der Waals surface area (Å²) in [5.74, 6) is -0.444. The maximum absolute atomic E-state index is 13.7. The van der Waals surface area contributed by atoms with Crippen molar-refractivity contribution in [1.29, 1.82) is 0 Å².